The van der Waals surface area contributed by atoms with Crippen LogP contribution in [0.4, 0.5) is 0 Å². The lowest BCUT2D eigenvalue weighted by atomic mass is 9.72. The summed E-state index contributed by atoms with van der Waals surface area (Å²) in [5.74, 6) is 2.62. The lowest BCUT2D eigenvalue weighted by Crippen LogP contribution is -2.49. The molecule has 0 aliphatic heterocycles. The maximum absolute atomic E-state index is 3.85. The highest BCUT2D eigenvalue weighted by Crippen LogP contribution is 2.35. The summed E-state index contributed by atoms with van der Waals surface area (Å²) in [5.41, 5.74) is 0. The Labute approximate surface area is 126 Å². The van der Waals surface area contributed by atoms with E-state index in [9.17, 15) is 0 Å². The molecule has 2 aliphatic carbocycles. The SMILES string of the molecule is CCCNC1CC(C)CC(C)C1CN(C)C1CCCC1. The number of hydrogen-bond donors (Lipinski definition) is 1. The molecule has 0 saturated heterocycles. The Morgan fingerprint density at radius 2 is 1.80 bits per heavy atom. The Kier molecular flexibility index (Phi) is 6.35. The van der Waals surface area contributed by atoms with Crippen LogP contribution in [0.2, 0.25) is 0 Å². The third-order valence-corrected chi connectivity index (χ3v) is 5.78. The highest BCUT2D eigenvalue weighted by Gasteiger charge is 2.35. The molecule has 118 valence electrons. The topological polar surface area (TPSA) is 15.3 Å². The van der Waals surface area contributed by atoms with Crippen molar-refractivity contribution in [1.29, 1.82) is 0 Å². The van der Waals surface area contributed by atoms with Gasteiger partial charge in [0.15, 0.2) is 0 Å². The van der Waals surface area contributed by atoms with E-state index < -0.39 is 0 Å². The molecule has 0 bridgehead atoms. The Hall–Kier alpha value is -0.0800. The van der Waals surface area contributed by atoms with Crippen LogP contribution >= 0.6 is 0 Å². The third kappa shape index (κ3) is 4.21. The van der Waals surface area contributed by atoms with Crippen molar-refractivity contribution in [1.82, 2.24) is 10.2 Å². The van der Waals surface area contributed by atoms with E-state index in [0.29, 0.717) is 0 Å². The van der Waals surface area contributed by atoms with Gasteiger partial charge in [-0.05, 0) is 63.5 Å². The van der Waals surface area contributed by atoms with Gasteiger partial charge in [0.05, 0.1) is 0 Å². The molecule has 0 spiro atoms. The van der Waals surface area contributed by atoms with E-state index >= 15 is 0 Å². The third-order valence-electron chi connectivity index (χ3n) is 5.78. The van der Waals surface area contributed by atoms with E-state index in [2.05, 4.69) is 38.0 Å². The molecule has 0 radical (unpaired) electrons. The summed E-state index contributed by atoms with van der Waals surface area (Å²) in [6.45, 7) is 9.70. The molecule has 1 N–H and O–H groups in total. The number of nitrogens with zero attached hydrogens (tertiary/aromatic N) is 1. The molecule has 2 nitrogen and oxygen atoms in total. The van der Waals surface area contributed by atoms with Crippen LogP contribution in [-0.4, -0.2) is 37.1 Å². The van der Waals surface area contributed by atoms with Crippen LogP contribution < -0.4 is 5.32 Å². The Balaban J connectivity index is 1.93. The van der Waals surface area contributed by atoms with E-state index in [0.717, 1.165) is 29.8 Å². The summed E-state index contributed by atoms with van der Waals surface area (Å²) in [7, 11) is 2.37. The van der Waals surface area contributed by atoms with Gasteiger partial charge in [-0.1, -0.05) is 33.6 Å². The van der Waals surface area contributed by atoms with Gasteiger partial charge in [0.25, 0.3) is 0 Å². The van der Waals surface area contributed by atoms with Crippen LogP contribution in [0.1, 0.15) is 65.7 Å². The van der Waals surface area contributed by atoms with Gasteiger partial charge in [-0.15, -0.1) is 0 Å². The summed E-state index contributed by atoms with van der Waals surface area (Å²) in [4.78, 5) is 2.69. The lowest BCUT2D eigenvalue weighted by Gasteiger charge is -2.43. The van der Waals surface area contributed by atoms with Crippen molar-refractivity contribution in [3.05, 3.63) is 0 Å². The summed E-state index contributed by atoms with van der Waals surface area (Å²) in [6.07, 6.45) is 9.82. The first-order valence-electron chi connectivity index (χ1n) is 9.05. The van der Waals surface area contributed by atoms with Gasteiger partial charge in [0, 0.05) is 18.6 Å². The van der Waals surface area contributed by atoms with Gasteiger partial charge in [-0.25, -0.2) is 0 Å². The molecule has 4 atom stereocenters. The smallest absolute Gasteiger partial charge is 0.0113 e. The number of rotatable bonds is 6. The first kappa shape index (κ1) is 16.3. The molecule has 2 saturated carbocycles. The number of nitrogens with one attached hydrogen (secondary N) is 1. The monoisotopic (exact) mass is 280 g/mol. The minimum Gasteiger partial charge on any atom is -0.314 e. The van der Waals surface area contributed by atoms with E-state index in [-0.39, 0.29) is 0 Å². The highest BCUT2D eigenvalue weighted by atomic mass is 15.1. The van der Waals surface area contributed by atoms with Gasteiger partial charge in [-0.2, -0.15) is 0 Å². The molecule has 2 rings (SSSR count). The van der Waals surface area contributed by atoms with Crippen LogP contribution in [0.5, 0.6) is 0 Å². The molecule has 0 aromatic rings. The summed E-state index contributed by atoms with van der Waals surface area (Å²) < 4.78 is 0. The van der Waals surface area contributed by atoms with E-state index in [1.807, 2.05) is 0 Å². The van der Waals surface area contributed by atoms with Gasteiger partial charge < -0.3 is 10.2 Å². The lowest BCUT2D eigenvalue weighted by molar-refractivity contribution is 0.0949. The molecule has 20 heavy (non-hydrogen) atoms. The molecular weight excluding hydrogens is 244 g/mol. The van der Waals surface area contributed by atoms with Crippen molar-refractivity contribution >= 4 is 0 Å². The van der Waals surface area contributed by atoms with Crippen molar-refractivity contribution in [2.75, 3.05) is 20.1 Å². The van der Waals surface area contributed by atoms with E-state index in [4.69, 9.17) is 0 Å². The van der Waals surface area contributed by atoms with Crippen molar-refractivity contribution in [2.24, 2.45) is 17.8 Å². The minimum atomic E-state index is 0.748. The van der Waals surface area contributed by atoms with Crippen molar-refractivity contribution in [2.45, 2.75) is 77.8 Å². The van der Waals surface area contributed by atoms with E-state index in [1.165, 1.54) is 58.0 Å². The summed E-state index contributed by atoms with van der Waals surface area (Å²) in [6, 6.07) is 1.62. The zero-order valence-corrected chi connectivity index (χ0v) is 14.2. The van der Waals surface area contributed by atoms with Crippen LogP contribution in [0.25, 0.3) is 0 Å². The second-order valence-electron chi connectivity index (χ2n) is 7.66. The summed E-state index contributed by atoms with van der Waals surface area (Å²) in [5, 5.41) is 3.85. The van der Waals surface area contributed by atoms with Crippen LogP contribution in [0.15, 0.2) is 0 Å². The molecule has 0 aromatic carbocycles. The molecule has 2 fully saturated rings. The van der Waals surface area contributed by atoms with E-state index in [1.54, 1.807) is 0 Å². The van der Waals surface area contributed by atoms with Gasteiger partial charge in [0.1, 0.15) is 0 Å². The molecular formula is C18H36N2. The fraction of sp³-hybridized carbons (Fsp3) is 1.00. The van der Waals surface area contributed by atoms with Gasteiger partial charge in [0.2, 0.25) is 0 Å². The van der Waals surface area contributed by atoms with Crippen LogP contribution in [0, 0.1) is 17.8 Å². The maximum Gasteiger partial charge on any atom is 0.0113 e. The van der Waals surface area contributed by atoms with Crippen LogP contribution in [-0.2, 0) is 0 Å². The Morgan fingerprint density at radius 3 is 2.45 bits per heavy atom. The van der Waals surface area contributed by atoms with Crippen molar-refractivity contribution < 1.29 is 0 Å². The predicted octanol–water partition coefficient (Wildman–Crippen LogP) is 3.91. The fourth-order valence-corrected chi connectivity index (χ4v) is 4.61. The van der Waals surface area contributed by atoms with Crippen molar-refractivity contribution in [3.63, 3.8) is 0 Å². The molecule has 0 heterocycles. The molecule has 4 unspecified atom stereocenters. The molecule has 0 amide bonds. The maximum atomic E-state index is 3.85. The summed E-state index contributed by atoms with van der Waals surface area (Å²) >= 11 is 0. The average Bonchev–Trinajstić information content (AvgIpc) is 2.93. The largest absolute Gasteiger partial charge is 0.314 e. The predicted molar refractivity (Wildman–Crippen MR) is 88.0 cm³/mol. The molecule has 0 aromatic heterocycles. The Bertz CT molecular complexity index is 273. The van der Waals surface area contributed by atoms with Gasteiger partial charge >= 0.3 is 0 Å². The zero-order chi connectivity index (χ0) is 14.5. The second kappa shape index (κ2) is 7.79. The normalized spacial score (nSPS) is 35.9. The first-order valence-corrected chi connectivity index (χ1v) is 9.05. The minimum absolute atomic E-state index is 0.748. The Morgan fingerprint density at radius 1 is 1.10 bits per heavy atom. The number of hydrogen-bond acceptors (Lipinski definition) is 2. The fourth-order valence-electron chi connectivity index (χ4n) is 4.61. The zero-order valence-electron chi connectivity index (χ0n) is 14.2. The van der Waals surface area contributed by atoms with Crippen LogP contribution in [0.3, 0.4) is 0 Å². The molecule has 2 heteroatoms. The quantitative estimate of drug-likeness (QED) is 0.793. The first-order chi connectivity index (χ1) is 9.61. The van der Waals surface area contributed by atoms with Crippen molar-refractivity contribution in [3.8, 4) is 0 Å². The second-order valence-corrected chi connectivity index (χ2v) is 7.66. The average molecular weight is 281 g/mol. The highest BCUT2D eigenvalue weighted by molar-refractivity contribution is 4.90. The molecule has 2 aliphatic rings. The standard InChI is InChI=1S/C18H36N2/c1-5-10-19-18-12-14(2)11-15(3)17(18)13-20(4)16-8-6-7-9-16/h14-19H,5-13H2,1-4H3. The van der Waals surface area contributed by atoms with Gasteiger partial charge in [-0.3, -0.25) is 0 Å².